The number of nitrogens with zero attached hydrogens (tertiary/aromatic N) is 3. The molecule has 6 heterocycles. The zero-order valence-electron chi connectivity index (χ0n) is 25.6. The van der Waals surface area contributed by atoms with Crippen molar-refractivity contribution in [3.8, 4) is 0 Å². The first kappa shape index (κ1) is 27.4. The molecule has 1 aliphatic carbocycles. The van der Waals surface area contributed by atoms with Crippen LogP contribution in [0.3, 0.4) is 0 Å². The zero-order chi connectivity index (χ0) is 28.3. The molecule has 8 rings (SSSR count). The Balaban J connectivity index is 1.32. The summed E-state index contributed by atoms with van der Waals surface area (Å²) >= 11 is 0. The number of hydrogen-bond acceptors (Lipinski definition) is 4. The molecule has 2 fully saturated rings. The number of fused-ring (bicyclic) bond motifs is 5. The van der Waals surface area contributed by atoms with Crippen LogP contribution in [0.5, 0.6) is 0 Å². The normalized spacial score (nSPS) is 40.8. The second kappa shape index (κ2) is 10.8. The Morgan fingerprint density at radius 2 is 1.76 bits per heavy atom. The first-order valence-electron chi connectivity index (χ1n) is 17.1. The van der Waals surface area contributed by atoms with Crippen LogP contribution in [0.15, 0.2) is 60.2 Å². The topological polar surface area (TPSA) is 45.7 Å². The van der Waals surface area contributed by atoms with Gasteiger partial charge in [0.1, 0.15) is 0 Å². The van der Waals surface area contributed by atoms with Crippen LogP contribution in [0.4, 0.5) is 0 Å². The maximum Gasteiger partial charge on any atom is 0.0994 e. The van der Waals surface area contributed by atoms with Crippen LogP contribution in [0.2, 0.25) is 0 Å². The van der Waals surface area contributed by atoms with Crippen molar-refractivity contribution in [2.24, 2.45) is 11.3 Å². The predicted octanol–water partition coefficient (Wildman–Crippen LogP) is 6.38. The van der Waals surface area contributed by atoms with E-state index < -0.39 is 5.60 Å². The summed E-state index contributed by atoms with van der Waals surface area (Å²) in [6, 6.07) is 9.71. The van der Waals surface area contributed by atoms with E-state index in [1.54, 1.807) is 0 Å². The quantitative estimate of drug-likeness (QED) is 0.393. The van der Waals surface area contributed by atoms with E-state index in [-0.39, 0.29) is 17.5 Å². The van der Waals surface area contributed by atoms with Crippen molar-refractivity contribution >= 4 is 10.9 Å². The van der Waals surface area contributed by atoms with Crippen LogP contribution < -0.4 is 0 Å². The van der Waals surface area contributed by atoms with Crippen LogP contribution in [-0.4, -0.2) is 82.2 Å². The number of benzene rings is 1. The second-order valence-corrected chi connectivity index (χ2v) is 14.5. The molecule has 0 amide bonds. The number of aliphatic hydroxyl groups is 1. The Hall–Kier alpha value is -2.18. The van der Waals surface area contributed by atoms with E-state index in [4.69, 9.17) is 0 Å². The van der Waals surface area contributed by atoms with Crippen LogP contribution in [0.25, 0.3) is 10.9 Å². The zero-order valence-corrected chi connectivity index (χ0v) is 25.6. The monoisotopic (exact) mass is 566 g/mol. The SMILES string of the molecule is CN1CCc2c([nH]c3ccccc23)[C@@H]1C1=C[C@@]2(O)CC/C=C\CCCCN3CC[C@@H]1[C@]1(C[C@@H]4/C=C\CCCCN4[C@H]12)C3. The summed E-state index contributed by atoms with van der Waals surface area (Å²) in [6.45, 7) is 5.69. The van der Waals surface area contributed by atoms with Crippen molar-refractivity contribution in [1.29, 1.82) is 0 Å². The molecule has 5 aliphatic heterocycles. The van der Waals surface area contributed by atoms with Gasteiger partial charge in [0.25, 0.3) is 0 Å². The molecular formula is C37H50N4O. The van der Waals surface area contributed by atoms with Gasteiger partial charge in [0.15, 0.2) is 0 Å². The van der Waals surface area contributed by atoms with Gasteiger partial charge in [-0.15, -0.1) is 0 Å². The first-order chi connectivity index (χ1) is 20.6. The molecule has 2 aromatic rings. The molecule has 0 radical (unpaired) electrons. The fourth-order valence-corrected chi connectivity index (χ4v) is 10.5. The molecule has 1 spiro atoms. The highest BCUT2D eigenvalue weighted by Gasteiger charge is 2.66. The van der Waals surface area contributed by atoms with E-state index in [2.05, 4.69) is 81.4 Å². The highest BCUT2D eigenvalue weighted by atomic mass is 16.3. The summed E-state index contributed by atoms with van der Waals surface area (Å²) in [5, 5.41) is 14.6. The van der Waals surface area contributed by atoms with Gasteiger partial charge in [-0.25, -0.2) is 0 Å². The smallest absolute Gasteiger partial charge is 0.0994 e. The summed E-state index contributed by atoms with van der Waals surface area (Å²) in [4.78, 5) is 12.1. The van der Waals surface area contributed by atoms with Crippen LogP contribution in [0.1, 0.15) is 81.5 Å². The van der Waals surface area contributed by atoms with Gasteiger partial charge < -0.3 is 15.0 Å². The molecule has 0 saturated carbocycles. The minimum absolute atomic E-state index is 0.0681. The lowest BCUT2D eigenvalue weighted by Crippen LogP contribution is -2.66. The van der Waals surface area contributed by atoms with Crippen molar-refractivity contribution in [3.63, 3.8) is 0 Å². The Labute approximate surface area is 252 Å². The number of allylic oxidation sites excluding steroid dienone is 3. The number of para-hydroxylation sites is 1. The summed E-state index contributed by atoms with van der Waals surface area (Å²) in [5.41, 5.74) is 4.90. The Kier molecular flexibility index (Phi) is 7.02. The van der Waals surface area contributed by atoms with Gasteiger partial charge in [0.05, 0.1) is 17.7 Å². The summed E-state index contributed by atoms with van der Waals surface area (Å²) in [6.07, 6.45) is 24.9. The van der Waals surface area contributed by atoms with E-state index in [1.807, 2.05) is 0 Å². The van der Waals surface area contributed by atoms with Gasteiger partial charge in [0, 0.05) is 41.1 Å². The highest BCUT2D eigenvalue weighted by molar-refractivity contribution is 5.85. The van der Waals surface area contributed by atoms with Crippen LogP contribution in [0, 0.1) is 11.3 Å². The maximum absolute atomic E-state index is 13.2. The van der Waals surface area contributed by atoms with Crippen LogP contribution >= 0.6 is 0 Å². The molecule has 1 aromatic heterocycles. The second-order valence-electron chi connectivity index (χ2n) is 14.5. The number of hydrogen-bond donors (Lipinski definition) is 2. The van der Waals surface area contributed by atoms with E-state index in [0.717, 1.165) is 38.9 Å². The predicted molar refractivity (Wildman–Crippen MR) is 172 cm³/mol. The van der Waals surface area contributed by atoms with Crippen molar-refractivity contribution in [3.05, 3.63) is 71.5 Å². The summed E-state index contributed by atoms with van der Waals surface area (Å²) < 4.78 is 0. The van der Waals surface area contributed by atoms with Crippen molar-refractivity contribution < 1.29 is 5.11 Å². The molecule has 3 bridgehead atoms. The molecule has 2 N–H and O–H groups in total. The van der Waals surface area contributed by atoms with Crippen molar-refractivity contribution in [2.45, 2.75) is 94.4 Å². The molecule has 6 aliphatic rings. The fraction of sp³-hybridized carbons (Fsp3) is 0.622. The molecule has 224 valence electrons. The van der Waals surface area contributed by atoms with E-state index in [9.17, 15) is 5.11 Å². The summed E-state index contributed by atoms with van der Waals surface area (Å²) in [7, 11) is 2.33. The third kappa shape index (κ3) is 4.33. The fourth-order valence-electron chi connectivity index (χ4n) is 10.5. The Morgan fingerprint density at radius 3 is 2.69 bits per heavy atom. The van der Waals surface area contributed by atoms with Gasteiger partial charge in [-0.1, -0.05) is 48.6 Å². The van der Waals surface area contributed by atoms with E-state index in [1.165, 1.54) is 92.2 Å². The van der Waals surface area contributed by atoms with Crippen molar-refractivity contribution in [2.75, 3.05) is 39.8 Å². The number of aromatic amines is 1. The first-order valence-corrected chi connectivity index (χ1v) is 17.1. The molecule has 1 aromatic carbocycles. The van der Waals surface area contributed by atoms with Gasteiger partial charge in [0.2, 0.25) is 0 Å². The largest absolute Gasteiger partial charge is 0.384 e. The third-order valence-corrected chi connectivity index (χ3v) is 12.1. The van der Waals surface area contributed by atoms with Gasteiger partial charge >= 0.3 is 0 Å². The number of nitrogens with one attached hydrogen (secondary N) is 1. The summed E-state index contributed by atoms with van der Waals surface area (Å²) in [5.74, 6) is 0.492. The number of aromatic nitrogens is 1. The lowest BCUT2D eigenvalue weighted by Gasteiger charge is -2.59. The Bertz CT molecular complexity index is 1410. The molecule has 5 nitrogen and oxygen atoms in total. The number of likely N-dealkylation sites (N-methyl/N-ethyl adjacent to an activating group) is 1. The number of rotatable bonds is 1. The van der Waals surface area contributed by atoms with Gasteiger partial charge in [-0.2, -0.15) is 0 Å². The van der Waals surface area contributed by atoms with Gasteiger partial charge in [-0.3, -0.25) is 9.80 Å². The third-order valence-electron chi connectivity index (χ3n) is 12.1. The molecule has 42 heavy (non-hydrogen) atoms. The molecular weight excluding hydrogens is 516 g/mol. The average Bonchev–Trinajstić information content (AvgIpc) is 3.49. The molecule has 1 unspecified atom stereocenters. The number of H-pyrrole nitrogens is 1. The average molecular weight is 567 g/mol. The van der Waals surface area contributed by atoms with Crippen LogP contribution in [-0.2, 0) is 6.42 Å². The lowest BCUT2D eigenvalue weighted by atomic mass is 9.54. The van der Waals surface area contributed by atoms with E-state index in [0.29, 0.717) is 12.0 Å². The highest BCUT2D eigenvalue weighted by Crippen LogP contribution is 2.62. The minimum atomic E-state index is -0.834. The standard InChI is InChI=1S/C37H50N4O/c1-39-22-17-29-28-15-9-10-16-32(28)38-33(29)34(39)30-25-37(42)19-11-5-2-3-6-12-20-40-23-18-31(30)36(26-40)24-27-14-8-4-7-13-21-41(27)35(36)37/h2,5,8-10,14-16,25,27,31,34-35,38,42H,3-4,6-7,11-13,17-24,26H2,1H3/b5-2-,14-8-/t27-,31-,34-,35+,36-,37-/m0/s1. The lowest BCUT2D eigenvalue weighted by molar-refractivity contribution is -0.0999. The molecule has 7 atom stereocenters. The number of piperidine rings is 1. The maximum atomic E-state index is 13.2. The van der Waals surface area contributed by atoms with Crippen molar-refractivity contribution in [1.82, 2.24) is 19.7 Å². The molecule has 5 heteroatoms. The molecule has 2 saturated heterocycles. The van der Waals surface area contributed by atoms with E-state index >= 15 is 0 Å². The Morgan fingerprint density at radius 1 is 0.929 bits per heavy atom. The van der Waals surface area contributed by atoms with Gasteiger partial charge in [-0.05, 0) is 120 Å². The minimum Gasteiger partial charge on any atom is -0.384 e.